The molecular formula is C10H11FN4S. The summed E-state index contributed by atoms with van der Waals surface area (Å²) in [5.74, 6) is -0.163. The molecule has 4 nitrogen and oxygen atoms in total. The first-order valence-corrected chi connectivity index (χ1v) is 5.56. The highest BCUT2D eigenvalue weighted by Crippen LogP contribution is 2.19. The predicted molar refractivity (Wildman–Crippen MR) is 62.8 cm³/mol. The van der Waals surface area contributed by atoms with Crippen LogP contribution in [0.15, 0.2) is 23.7 Å². The van der Waals surface area contributed by atoms with E-state index in [1.165, 1.54) is 0 Å². The van der Waals surface area contributed by atoms with Crippen molar-refractivity contribution in [2.24, 2.45) is 0 Å². The lowest BCUT2D eigenvalue weighted by Gasteiger charge is -2.17. The van der Waals surface area contributed by atoms with E-state index in [9.17, 15) is 4.39 Å². The molecule has 0 aliphatic carbocycles. The van der Waals surface area contributed by atoms with Gasteiger partial charge in [-0.05, 0) is 11.4 Å². The molecule has 0 bridgehead atoms. The molecule has 0 fully saturated rings. The summed E-state index contributed by atoms with van der Waals surface area (Å²) in [6, 6.07) is 3.95. The smallest absolute Gasteiger partial charge is 0.222 e. The Morgan fingerprint density at radius 3 is 3.06 bits per heavy atom. The summed E-state index contributed by atoms with van der Waals surface area (Å²) < 4.78 is 13.4. The zero-order chi connectivity index (χ0) is 11.5. The van der Waals surface area contributed by atoms with E-state index in [4.69, 9.17) is 5.73 Å². The van der Waals surface area contributed by atoms with Crippen LogP contribution in [0.3, 0.4) is 0 Å². The molecule has 0 saturated heterocycles. The van der Waals surface area contributed by atoms with Crippen molar-refractivity contribution < 1.29 is 4.39 Å². The van der Waals surface area contributed by atoms with Crippen molar-refractivity contribution in [3.05, 3.63) is 34.4 Å². The van der Waals surface area contributed by atoms with E-state index in [1.54, 1.807) is 23.3 Å². The average molecular weight is 238 g/mol. The quantitative estimate of drug-likeness (QED) is 0.887. The highest BCUT2D eigenvalue weighted by atomic mass is 32.1. The Morgan fingerprint density at radius 2 is 2.38 bits per heavy atom. The number of nitrogens with zero attached hydrogens (tertiary/aromatic N) is 3. The zero-order valence-electron chi connectivity index (χ0n) is 8.72. The lowest BCUT2D eigenvalue weighted by molar-refractivity contribution is 0.608. The predicted octanol–water partition coefficient (Wildman–Crippen LogP) is 1.90. The molecule has 2 rings (SSSR count). The van der Waals surface area contributed by atoms with Crippen LogP contribution in [0, 0.1) is 5.82 Å². The van der Waals surface area contributed by atoms with Crippen LogP contribution in [0.4, 0.5) is 16.2 Å². The number of rotatable bonds is 3. The molecular weight excluding hydrogens is 227 g/mol. The normalized spacial score (nSPS) is 10.4. The molecule has 0 saturated carbocycles. The topological polar surface area (TPSA) is 55.0 Å². The maximum absolute atomic E-state index is 13.4. The molecule has 0 unspecified atom stereocenters. The number of aromatic nitrogens is 2. The second-order valence-corrected chi connectivity index (χ2v) is 4.37. The molecule has 2 heterocycles. The highest BCUT2D eigenvalue weighted by Gasteiger charge is 2.11. The molecule has 2 aromatic heterocycles. The monoisotopic (exact) mass is 238 g/mol. The third kappa shape index (κ3) is 2.27. The number of hydrogen-bond donors (Lipinski definition) is 1. The van der Waals surface area contributed by atoms with Crippen molar-refractivity contribution >= 4 is 23.1 Å². The summed E-state index contributed by atoms with van der Waals surface area (Å²) in [5, 5.41) is 1.98. The van der Waals surface area contributed by atoms with E-state index in [-0.39, 0.29) is 11.8 Å². The fourth-order valence-electron chi connectivity index (χ4n) is 1.35. The molecule has 0 aliphatic heterocycles. The van der Waals surface area contributed by atoms with Crippen LogP contribution in [0.2, 0.25) is 0 Å². The van der Waals surface area contributed by atoms with Crippen molar-refractivity contribution in [2.45, 2.75) is 6.54 Å². The molecule has 6 heteroatoms. The number of nitrogens with two attached hydrogens (primary N) is 1. The maximum atomic E-state index is 13.4. The minimum Gasteiger partial charge on any atom is -0.368 e. The van der Waals surface area contributed by atoms with Crippen LogP contribution in [0.1, 0.15) is 4.88 Å². The SMILES string of the molecule is CN(Cc1cccs1)c1nc(N)ncc1F. The third-order valence-corrected chi connectivity index (χ3v) is 2.94. The van der Waals surface area contributed by atoms with Crippen LogP contribution < -0.4 is 10.6 Å². The third-order valence-electron chi connectivity index (χ3n) is 2.08. The molecule has 0 amide bonds. The molecule has 2 aromatic rings. The zero-order valence-corrected chi connectivity index (χ0v) is 9.54. The molecule has 84 valence electrons. The number of nitrogen functional groups attached to an aromatic ring is 1. The molecule has 0 aliphatic rings. The number of hydrogen-bond acceptors (Lipinski definition) is 5. The molecule has 2 N–H and O–H groups in total. The van der Waals surface area contributed by atoms with Gasteiger partial charge in [-0.1, -0.05) is 6.07 Å². The van der Waals surface area contributed by atoms with Gasteiger partial charge in [0.15, 0.2) is 11.6 Å². The average Bonchev–Trinajstić information content (AvgIpc) is 2.74. The number of anilines is 2. The van der Waals surface area contributed by atoms with E-state index in [2.05, 4.69) is 9.97 Å². The van der Waals surface area contributed by atoms with Gasteiger partial charge in [-0.25, -0.2) is 9.37 Å². The van der Waals surface area contributed by atoms with E-state index >= 15 is 0 Å². The Labute approximate surface area is 96.6 Å². The Bertz CT molecular complexity index is 472. The minimum absolute atomic E-state index is 0.0782. The lowest BCUT2D eigenvalue weighted by atomic mass is 10.4. The van der Waals surface area contributed by atoms with Crippen molar-refractivity contribution in [2.75, 3.05) is 17.7 Å². The highest BCUT2D eigenvalue weighted by molar-refractivity contribution is 7.09. The van der Waals surface area contributed by atoms with E-state index < -0.39 is 5.82 Å². The minimum atomic E-state index is -0.465. The Hall–Kier alpha value is -1.69. The Morgan fingerprint density at radius 1 is 1.56 bits per heavy atom. The number of halogens is 1. The second kappa shape index (κ2) is 4.44. The van der Waals surface area contributed by atoms with Gasteiger partial charge >= 0.3 is 0 Å². The van der Waals surface area contributed by atoms with Crippen LogP contribution in [-0.4, -0.2) is 17.0 Å². The Balaban J connectivity index is 2.20. The molecule has 0 spiro atoms. The van der Waals surface area contributed by atoms with E-state index in [0.29, 0.717) is 6.54 Å². The summed E-state index contributed by atoms with van der Waals surface area (Å²) in [5.41, 5.74) is 5.43. The van der Waals surface area contributed by atoms with E-state index in [1.807, 2.05) is 17.5 Å². The van der Waals surface area contributed by atoms with Crippen LogP contribution in [0.5, 0.6) is 0 Å². The second-order valence-electron chi connectivity index (χ2n) is 3.34. The van der Waals surface area contributed by atoms with Gasteiger partial charge in [0, 0.05) is 11.9 Å². The van der Waals surface area contributed by atoms with Gasteiger partial charge in [0.2, 0.25) is 5.95 Å². The molecule has 0 radical (unpaired) electrons. The fraction of sp³-hybridized carbons (Fsp3) is 0.200. The summed E-state index contributed by atoms with van der Waals surface area (Å²) in [6.45, 7) is 0.602. The number of thiophene rings is 1. The van der Waals surface area contributed by atoms with Gasteiger partial charge in [-0.3, -0.25) is 0 Å². The van der Waals surface area contributed by atoms with Crippen LogP contribution in [0.25, 0.3) is 0 Å². The molecule has 0 aromatic carbocycles. The summed E-state index contributed by atoms with van der Waals surface area (Å²) in [4.78, 5) is 10.3. The van der Waals surface area contributed by atoms with E-state index in [0.717, 1.165) is 11.1 Å². The van der Waals surface area contributed by atoms with Gasteiger partial charge in [0.05, 0.1) is 12.7 Å². The van der Waals surface area contributed by atoms with Crippen LogP contribution >= 0.6 is 11.3 Å². The summed E-state index contributed by atoms with van der Waals surface area (Å²) >= 11 is 1.62. The van der Waals surface area contributed by atoms with Crippen molar-refractivity contribution in [3.63, 3.8) is 0 Å². The van der Waals surface area contributed by atoms with Gasteiger partial charge in [-0.2, -0.15) is 4.98 Å². The summed E-state index contributed by atoms with van der Waals surface area (Å²) in [7, 11) is 1.77. The first kappa shape index (κ1) is 10.8. The maximum Gasteiger partial charge on any atom is 0.222 e. The molecule has 0 atom stereocenters. The van der Waals surface area contributed by atoms with Gasteiger partial charge < -0.3 is 10.6 Å². The Kier molecular flexibility index (Phi) is 3.00. The first-order chi connectivity index (χ1) is 7.66. The lowest BCUT2D eigenvalue weighted by Crippen LogP contribution is -2.19. The first-order valence-electron chi connectivity index (χ1n) is 4.68. The van der Waals surface area contributed by atoms with Crippen molar-refractivity contribution in [1.29, 1.82) is 0 Å². The van der Waals surface area contributed by atoms with Gasteiger partial charge in [0.25, 0.3) is 0 Å². The van der Waals surface area contributed by atoms with Gasteiger partial charge in [-0.15, -0.1) is 11.3 Å². The van der Waals surface area contributed by atoms with Crippen molar-refractivity contribution in [3.8, 4) is 0 Å². The van der Waals surface area contributed by atoms with Crippen LogP contribution in [-0.2, 0) is 6.54 Å². The molecule has 16 heavy (non-hydrogen) atoms. The standard InChI is InChI=1S/C10H11FN4S/c1-15(6-7-3-2-4-16-7)9-8(11)5-13-10(12)14-9/h2-5H,6H2,1H3,(H2,12,13,14). The summed E-state index contributed by atoms with van der Waals surface area (Å²) in [6.07, 6.45) is 1.09. The largest absolute Gasteiger partial charge is 0.368 e. The fourth-order valence-corrected chi connectivity index (χ4v) is 2.11. The van der Waals surface area contributed by atoms with Crippen molar-refractivity contribution in [1.82, 2.24) is 9.97 Å². The van der Waals surface area contributed by atoms with Gasteiger partial charge in [0.1, 0.15) is 0 Å².